The van der Waals surface area contributed by atoms with E-state index in [0.29, 0.717) is 5.69 Å². The molecule has 96 valence electrons. The van der Waals surface area contributed by atoms with Gasteiger partial charge in [0.2, 0.25) is 10.0 Å². The van der Waals surface area contributed by atoms with Gasteiger partial charge in [0, 0.05) is 5.69 Å². The number of nitrogens with two attached hydrogens (primary N) is 1. The number of nitrogens with zero attached hydrogens (tertiary/aromatic N) is 3. The number of aromatic nitrogens is 4. The van der Waals surface area contributed by atoms with E-state index in [1.54, 1.807) is 19.1 Å². The van der Waals surface area contributed by atoms with E-state index in [4.69, 9.17) is 5.73 Å². The van der Waals surface area contributed by atoms with Crippen LogP contribution >= 0.6 is 0 Å². The van der Waals surface area contributed by atoms with Gasteiger partial charge in [0.1, 0.15) is 0 Å². The second-order valence-corrected chi connectivity index (χ2v) is 5.40. The molecule has 4 N–H and O–H groups in total. The number of rotatable bonds is 4. The zero-order valence-electron chi connectivity index (χ0n) is 9.53. The molecule has 1 heterocycles. The summed E-state index contributed by atoms with van der Waals surface area (Å²) in [6.45, 7) is 1.62. The lowest BCUT2D eigenvalue weighted by Gasteiger charge is -2.11. The Labute approximate surface area is 104 Å². The number of H-pyrrole nitrogens is 1. The number of benzene rings is 1. The Balaban J connectivity index is 2.22. The fourth-order valence-corrected chi connectivity index (χ4v) is 2.64. The van der Waals surface area contributed by atoms with Crippen molar-refractivity contribution in [2.24, 2.45) is 0 Å². The molecule has 1 aromatic carbocycles. The third-order valence-corrected chi connectivity index (χ3v) is 3.79. The Morgan fingerprint density at radius 3 is 2.83 bits per heavy atom. The minimum atomic E-state index is -3.66. The van der Waals surface area contributed by atoms with Gasteiger partial charge in [0.25, 0.3) is 0 Å². The van der Waals surface area contributed by atoms with Crippen LogP contribution in [0.2, 0.25) is 0 Å². The molecule has 2 rings (SSSR count). The van der Waals surface area contributed by atoms with Crippen molar-refractivity contribution in [1.29, 1.82) is 0 Å². The van der Waals surface area contributed by atoms with Crippen LogP contribution in [-0.2, 0) is 10.0 Å². The highest BCUT2D eigenvalue weighted by atomic mass is 32.2. The van der Waals surface area contributed by atoms with Crippen molar-refractivity contribution < 1.29 is 8.42 Å². The van der Waals surface area contributed by atoms with E-state index in [0.717, 1.165) is 0 Å². The molecule has 2 aromatic rings. The van der Waals surface area contributed by atoms with Crippen LogP contribution in [0.1, 0.15) is 18.8 Å². The van der Waals surface area contributed by atoms with Crippen molar-refractivity contribution in [3.8, 4) is 0 Å². The van der Waals surface area contributed by atoms with Gasteiger partial charge in [-0.1, -0.05) is 11.3 Å². The number of hydrogen-bond acceptors (Lipinski definition) is 6. The van der Waals surface area contributed by atoms with Gasteiger partial charge in [0.15, 0.2) is 5.82 Å². The molecule has 8 nitrogen and oxygen atoms in total. The van der Waals surface area contributed by atoms with Gasteiger partial charge in [-0.3, -0.25) is 0 Å². The maximum atomic E-state index is 12.0. The average Bonchev–Trinajstić information content (AvgIpc) is 2.82. The molecule has 1 aromatic heterocycles. The number of nitrogen functional groups attached to an aromatic ring is 1. The maximum absolute atomic E-state index is 12.0. The van der Waals surface area contributed by atoms with E-state index >= 15 is 0 Å². The first-order chi connectivity index (χ1) is 8.49. The van der Waals surface area contributed by atoms with Crippen LogP contribution in [0.15, 0.2) is 29.2 Å². The number of nitrogens with one attached hydrogen (secondary N) is 2. The predicted molar refractivity (Wildman–Crippen MR) is 63.8 cm³/mol. The Hall–Kier alpha value is -2.00. The molecule has 0 amide bonds. The summed E-state index contributed by atoms with van der Waals surface area (Å²) >= 11 is 0. The molecule has 0 fully saturated rings. The van der Waals surface area contributed by atoms with E-state index in [9.17, 15) is 8.42 Å². The number of aromatic amines is 1. The minimum absolute atomic E-state index is 0.0952. The molecule has 0 saturated carbocycles. The van der Waals surface area contributed by atoms with Crippen molar-refractivity contribution >= 4 is 15.7 Å². The van der Waals surface area contributed by atoms with Crippen molar-refractivity contribution in [2.75, 3.05) is 5.73 Å². The van der Waals surface area contributed by atoms with Crippen LogP contribution in [0.25, 0.3) is 0 Å². The maximum Gasteiger partial charge on any atom is 0.241 e. The number of tetrazole rings is 1. The van der Waals surface area contributed by atoms with Crippen LogP contribution in [-0.4, -0.2) is 29.0 Å². The monoisotopic (exact) mass is 268 g/mol. The van der Waals surface area contributed by atoms with Crippen LogP contribution in [0.3, 0.4) is 0 Å². The lowest BCUT2D eigenvalue weighted by atomic mass is 10.3. The van der Waals surface area contributed by atoms with Gasteiger partial charge in [0.05, 0.1) is 10.9 Å². The minimum Gasteiger partial charge on any atom is -0.399 e. The normalized spacial score (nSPS) is 13.4. The van der Waals surface area contributed by atoms with Crippen molar-refractivity contribution in [2.45, 2.75) is 17.9 Å². The van der Waals surface area contributed by atoms with Gasteiger partial charge < -0.3 is 5.73 Å². The quantitative estimate of drug-likeness (QED) is 0.660. The van der Waals surface area contributed by atoms with Crippen molar-refractivity contribution in [1.82, 2.24) is 25.3 Å². The molecule has 0 spiro atoms. The molecule has 0 bridgehead atoms. The summed E-state index contributed by atoms with van der Waals surface area (Å²) in [5.74, 6) is 0.266. The number of sulfonamides is 1. The molecule has 0 aliphatic carbocycles. The number of anilines is 1. The van der Waals surface area contributed by atoms with Gasteiger partial charge in [-0.25, -0.2) is 13.1 Å². The fourth-order valence-electron chi connectivity index (χ4n) is 1.39. The van der Waals surface area contributed by atoms with E-state index in [1.165, 1.54) is 12.1 Å². The summed E-state index contributed by atoms with van der Waals surface area (Å²) in [7, 11) is -3.66. The van der Waals surface area contributed by atoms with Gasteiger partial charge in [-0.2, -0.15) is 5.21 Å². The zero-order chi connectivity index (χ0) is 13.2. The van der Waals surface area contributed by atoms with Crippen molar-refractivity contribution in [3.05, 3.63) is 30.1 Å². The first kappa shape index (κ1) is 12.5. The topological polar surface area (TPSA) is 127 Å². The SMILES string of the molecule is CC(NS(=O)(=O)c1cccc(N)c1)c1nn[nH]n1. The highest BCUT2D eigenvalue weighted by Gasteiger charge is 2.20. The van der Waals surface area contributed by atoms with E-state index in [1.807, 2.05) is 0 Å². The molecule has 0 aliphatic rings. The van der Waals surface area contributed by atoms with Crippen LogP contribution in [0.4, 0.5) is 5.69 Å². The lowest BCUT2D eigenvalue weighted by molar-refractivity contribution is 0.560. The van der Waals surface area contributed by atoms with Crippen LogP contribution < -0.4 is 10.5 Å². The molecule has 18 heavy (non-hydrogen) atoms. The second kappa shape index (κ2) is 4.70. The van der Waals surface area contributed by atoms with Gasteiger partial charge in [-0.05, 0) is 25.1 Å². The first-order valence-corrected chi connectivity index (χ1v) is 6.58. The lowest BCUT2D eigenvalue weighted by Crippen LogP contribution is -2.27. The largest absolute Gasteiger partial charge is 0.399 e. The molecular formula is C9H12N6O2S. The molecule has 0 radical (unpaired) electrons. The Kier molecular flexibility index (Phi) is 3.26. The van der Waals surface area contributed by atoms with Crippen LogP contribution in [0.5, 0.6) is 0 Å². The van der Waals surface area contributed by atoms with Gasteiger partial charge in [-0.15, -0.1) is 10.2 Å². The van der Waals surface area contributed by atoms with Gasteiger partial charge >= 0.3 is 0 Å². The highest BCUT2D eigenvalue weighted by molar-refractivity contribution is 7.89. The summed E-state index contributed by atoms with van der Waals surface area (Å²) < 4.78 is 26.5. The zero-order valence-corrected chi connectivity index (χ0v) is 10.3. The first-order valence-electron chi connectivity index (χ1n) is 5.10. The molecular weight excluding hydrogens is 256 g/mol. The highest BCUT2D eigenvalue weighted by Crippen LogP contribution is 2.15. The van der Waals surface area contributed by atoms with E-state index in [2.05, 4.69) is 25.3 Å². The summed E-state index contributed by atoms with van der Waals surface area (Å²) in [4.78, 5) is 0.0952. The van der Waals surface area contributed by atoms with E-state index in [-0.39, 0.29) is 10.7 Å². The molecule has 1 unspecified atom stereocenters. The summed E-state index contributed by atoms with van der Waals surface area (Å²) in [6.07, 6.45) is 0. The van der Waals surface area contributed by atoms with E-state index < -0.39 is 16.1 Å². The second-order valence-electron chi connectivity index (χ2n) is 3.69. The molecule has 0 saturated heterocycles. The predicted octanol–water partition coefficient (Wildman–Crippen LogP) is -0.179. The molecule has 0 aliphatic heterocycles. The third-order valence-electron chi connectivity index (χ3n) is 2.25. The summed E-state index contributed by atoms with van der Waals surface area (Å²) in [5, 5.41) is 13.1. The van der Waals surface area contributed by atoms with Crippen LogP contribution in [0, 0.1) is 0 Å². The third kappa shape index (κ3) is 2.63. The fraction of sp³-hybridized carbons (Fsp3) is 0.222. The van der Waals surface area contributed by atoms with Crippen molar-refractivity contribution in [3.63, 3.8) is 0 Å². The number of hydrogen-bond donors (Lipinski definition) is 3. The molecule has 1 atom stereocenters. The Bertz CT molecular complexity index is 624. The summed E-state index contributed by atoms with van der Waals surface area (Å²) in [6, 6.07) is 5.44. The average molecular weight is 268 g/mol. The standard InChI is InChI=1S/C9H12N6O2S/c1-6(9-11-14-15-12-9)13-18(16,17)8-4-2-3-7(10)5-8/h2-6,13H,10H2,1H3,(H,11,12,14,15). The smallest absolute Gasteiger partial charge is 0.241 e. The Morgan fingerprint density at radius 1 is 1.44 bits per heavy atom. The Morgan fingerprint density at radius 2 is 2.22 bits per heavy atom. The summed E-state index contributed by atoms with van der Waals surface area (Å²) in [5.41, 5.74) is 5.93. The molecule has 9 heteroatoms.